The maximum atomic E-state index is 12.1. The van der Waals surface area contributed by atoms with Crippen molar-refractivity contribution >= 4 is 6.03 Å². The molecule has 0 aromatic carbocycles. The second-order valence-electron chi connectivity index (χ2n) is 5.02. The lowest BCUT2D eigenvalue weighted by Gasteiger charge is -2.25. The van der Waals surface area contributed by atoms with Crippen LogP contribution in [0.1, 0.15) is 12.8 Å². The van der Waals surface area contributed by atoms with Gasteiger partial charge in [0.1, 0.15) is 0 Å². The second kappa shape index (κ2) is 4.59. The van der Waals surface area contributed by atoms with E-state index in [1.54, 1.807) is 4.90 Å². The third-order valence-corrected chi connectivity index (χ3v) is 3.60. The number of amides is 2. The van der Waals surface area contributed by atoms with Crippen LogP contribution in [0.4, 0.5) is 4.79 Å². The zero-order valence-corrected chi connectivity index (χ0v) is 10.1. The summed E-state index contributed by atoms with van der Waals surface area (Å²) in [5.41, 5.74) is 0. The van der Waals surface area contributed by atoms with Crippen molar-refractivity contribution in [1.82, 2.24) is 14.7 Å². The molecule has 0 aliphatic carbocycles. The van der Waals surface area contributed by atoms with E-state index in [2.05, 4.69) is 19.0 Å². The van der Waals surface area contributed by atoms with Crippen LogP contribution in [-0.2, 0) is 0 Å². The normalized spacial score (nSPS) is 30.5. The number of aliphatic hydroxyl groups is 1. The van der Waals surface area contributed by atoms with Gasteiger partial charge in [0.15, 0.2) is 0 Å². The van der Waals surface area contributed by atoms with Gasteiger partial charge in [0.25, 0.3) is 0 Å². The summed E-state index contributed by atoms with van der Waals surface area (Å²) in [6, 6.07) is 0.581. The zero-order chi connectivity index (χ0) is 11.7. The molecule has 2 rings (SSSR count). The minimum atomic E-state index is -0.323. The van der Waals surface area contributed by atoms with Gasteiger partial charge >= 0.3 is 6.03 Å². The average Bonchev–Trinajstić information content (AvgIpc) is 2.84. The van der Waals surface area contributed by atoms with Gasteiger partial charge in [-0.3, -0.25) is 0 Å². The molecule has 2 saturated heterocycles. The first-order chi connectivity index (χ1) is 7.58. The highest BCUT2D eigenvalue weighted by molar-refractivity contribution is 5.75. The molecule has 2 atom stereocenters. The number of hydrogen-bond donors (Lipinski definition) is 1. The van der Waals surface area contributed by atoms with Crippen LogP contribution in [0.15, 0.2) is 0 Å². The molecule has 0 aromatic rings. The van der Waals surface area contributed by atoms with Gasteiger partial charge < -0.3 is 19.8 Å². The van der Waals surface area contributed by atoms with Crippen molar-refractivity contribution in [3.63, 3.8) is 0 Å². The fourth-order valence-electron chi connectivity index (χ4n) is 2.45. The minimum absolute atomic E-state index is 0.0981. The monoisotopic (exact) mass is 227 g/mol. The largest absolute Gasteiger partial charge is 0.391 e. The predicted octanol–water partition coefficient (Wildman–Crippen LogP) is -0.191. The summed E-state index contributed by atoms with van der Waals surface area (Å²) in [4.78, 5) is 17.9. The summed E-state index contributed by atoms with van der Waals surface area (Å²) in [7, 11) is 4.11. The Labute approximate surface area is 96.6 Å². The molecule has 0 saturated carbocycles. The lowest BCUT2D eigenvalue weighted by atomic mass is 10.2. The molecule has 1 N–H and O–H groups in total. The van der Waals surface area contributed by atoms with Crippen LogP contribution >= 0.6 is 0 Å². The number of rotatable bonds is 1. The molecule has 16 heavy (non-hydrogen) atoms. The average molecular weight is 227 g/mol. The van der Waals surface area contributed by atoms with Crippen molar-refractivity contribution in [3.8, 4) is 0 Å². The number of likely N-dealkylation sites (tertiary alicyclic amines) is 2. The minimum Gasteiger partial charge on any atom is -0.391 e. The highest BCUT2D eigenvalue weighted by Crippen LogP contribution is 2.18. The summed E-state index contributed by atoms with van der Waals surface area (Å²) in [5.74, 6) is 0. The Bertz CT molecular complexity index is 270. The van der Waals surface area contributed by atoms with Crippen molar-refractivity contribution in [3.05, 3.63) is 0 Å². The smallest absolute Gasteiger partial charge is 0.320 e. The number of aliphatic hydroxyl groups excluding tert-OH is 1. The Hall–Kier alpha value is -0.810. The molecule has 2 amide bonds. The Morgan fingerprint density at radius 3 is 2.31 bits per heavy atom. The molecule has 92 valence electrons. The number of carbonyl (C=O) groups is 1. The Balaban J connectivity index is 1.87. The van der Waals surface area contributed by atoms with Crippen LogP contribution in [0.25, 0.3) is 0 Å². The van der Waals surface area contributed by atoms with Crippen LogP contribution in [0, 0.1) is 0 Å². The lowest BCUT2D eigenvalue weighted by Crippen LogP contribution is -2.42. The molecule has 0 radical (unpaired) electrons. The summed E-state index contributed by atoms with van der Waals surface area (Å²) >= 11 is 0. The lowest BCUT2D eigenvalue weighted by molar-refractivity contribution is 0.151. The number of hydrogen-bond acceptors (Lipinski definition) is 3. The fourth-order valence-corrected chi connectivity index (χ4v) is 2.45. The van der Waals surface area contributed by atoms with Crippen molar-refractivity contribution in [2.75, 3.05) is 40.3 Å². The topological polar surface area (TPSA) is 47.0 Å². The zero-order valence-electron chi connectivity index (χ0n) is 10.1. The Kier molecular flexibility index (Phi) is 3.35. The summed E-state index contributed by atoms with van der Waals surface area (Å²) in [6.07, 6.45) is 1.45. The molecule has 2 fully saturated rings. The first-order valence-corrected chi connectivity index (χ1v) is 5.96. The number of β-amino-alcohol motifs (C(OH)–C–C–N with tert-alkyl or cyclic N) is 1. The standard InChI is InChI=1S/C11H21N3O2/c1-12(2)9-3-5-13(7-9)11(16)14-6-4-10(15)8-14/h9-10,15H,3-8H2,1-2H3/t9?,10-/m0/s1. The van der Waals surface area contributed by atoms with E-state index in [9.17, 15) is 9.90 Å². The number of carbonyl (C=O) groups excluding carboxylic acids is 1. The summed E-state index contributed by atoms with van der Waals surface area (Å²) in [5, 5.41) is 9.41. The van der Waals surface area contributed by atoms with Crippen LogP contribution in [0.3, 0.4) is 0 Å². The van der Waals surface area contributed by atoms with E-state index in [0.29, 0.717) is 19.1 Å². The van der Waals surface area contributed by atoms with Crippen molar-refractivity contribution < 1.29 is 9.90 Å². The molecule has 2 aliphatic rings. The molecule has 0 spiro atoms. The van der Waals surface area contributed by atoms with Crippen LogP contribution in [0.5, 0.6) is 0 Å². The van der Waals surface area contributed by atoms with Gasteiger partial charge in [0.2, 0.25) is 0 Å². The SMILES string of the molecule is CN(C)C1CCN(C(=O)N2CC[C@H](O)C2)C1. The van der Waals surface area contributed by atoms with E-state index in [1.165, 1.54) is 0 Å². The van der Waals surface area contributed by atoms with Gasteiger partial charge in [-0.05, 0) is 26.9 Å². The Morgan fingerprint density at radius 2 is 1.81 bits per heavy atom. The van der Waals surface area contributed by atoms with Crippen molar-refractivity contribution in [1.29, 1.82) is 0 Å². The number of likely N-dealkylation sites (N-methyl/N-ethyl adjacent to an activating group) is 1. The van der Waals surface area contributed by atoms with Crippen LogP contribution in [0.2, 0.25) is 0 Å². The first-order valence-electron chi connectivity index (χ1n) is 5.96. The van der Waals surface area contributed by atoms with E-state index in [4.69, 9.17) is 0 Å². The molecule has 2 heterocycles. The molecular formula is C11H21N3O2. The van der Waals surface area contributed by atoms with Gasteiger partial charge in [-0.2, -0.15) is 0 Å². The fraction of sp³-hybridized carbons (Fsp3) is 0.909. The summed E-state index contributed by atoms with van der Waals surface area (Å²) in [6.45, 7) is 2.86. The van der Waals surface area contributed by atoms with E-state index in [-0.39, 0.29) is 12.1 Å². The Morgan fingerprint density at radius 1 is 1.19 bits per heavy atom. The van der Waals surface area contributed by atoms with Gasteiger partial charge in [-0.1, -0.05) is 0 Å². The maximum Gasteiger partial charge on any atom is 0.320 e. The predicted molar refractivity (Wildman–Crippen MR) is 61.3 cm³/mol. The quantitative estimate of drug-likeness (QED) is 0.675. The van der Waals surface area contributed by atoms with Gasteiger partial charge in [-0.25, -0.2) is 4.79 Å². The van der Waals surface area contributed by atoms with E-state index >= 15 is 0 Å². The highest BCUT2D eigenvalue weighted by Gasteiger charge is 2.33. The molecular weight excluding hydrogens is 206 g/mol. The summed E-state index contributed by atoms with van der Waals surface area (Å²) < 4.78 is 0. The molecule has 0 aromatic heterocycles. The molecule has 5 heteroatoms. The molecule has 1 unspecified atom stereocenters. The van der Waals surface area contributed by atoms with Gasteiger partial charge in [0.05, 0.1) is 6.10 Å². The third-order valence-electron chi connectivity index (χ3n) is 3.60. The number of urea groups is 1. The van der Waals surface area contributed by atoms with Crippen molar-refractivity contribution in [2.45, 2.75) is 25.0 Å². The second-order valence-corrected chi connectivity index (χ2v) is 5.02. The van der Waals surface area contributed by atoms with Gasteiger partial charge in [-0.15, -0.1) is 0 Å². The van der Waals surface area contributed by atoms with Crippen LogP contribution in [-0.4, -0.2) is 78.3 Å². The van der Waals surface area contributed by atoms with Gasteiger partial charge in [0, 0.05) is 32.2 Å². The number of nitrogens with zero attached hydrogens (tertiary/aromatic N) is 3. The highest BCUT2D eigenvalue weighted by atomic mass is 16.3. The van der Waals surface area contributed by atoms with E-state index < -0.39 is 0 Å². The molecule has 5 nitrogen and oxygen atoms in total. The van der Waals surface area contributed by atoms with Crippen LogP contribution < -0.4 is 0 Å². The van der Waals surface area contributed by atoms with E-state index in [1.807, 2.05) is 4.90 Å². The van der Waals surface area contributed by atoms with Crippen molar-refractivity contribution in [2.24, 2.45) is 0 Å². The maximum absolute atomic E-state index is 12.1. The molecule has 2 aliphatic heterocycles. The molecule has 0 bridgehead atoms. The van der Waals surface area contributed by atoms with E-state index in [0.717, 1.165) is 25.9 Å². The third kappa shape index (κ3) is 2.30. The first kappa shape index (κ1) is 11.7.